The minimum absolute atomic E-state index is 0.653. The number of anilines is 1. The average Bonchev–Trinajstić information content (AvgIpc) is 2.92. The van der Waals surface area contributed by atoms with E-state index in [9.17, 15) is 0 Å². The molecule has 1 saturated heterocycles. The maximum atomic E-state index is 4.88. The van der Waals surface area contributed by atoms with Crippen LogP contribution in [0.2, 0.25) is 0 Å². The van der Waals surface area contributed by atoms with Crippen LogP contribution in [0.25, 0.3) is 0 Å². The van der Waals surface area contributed by atoms with Crippen molar-refractivity contribution in [3.63, 3.8) is 0 Å². The molecule has 5 nitrogen and oxygen atoms in total. The van der Waals surface area contributed by atoms with E-state index in [4.69, 9.17) is 4.99 Å². The molecule has 1 aliphatic rings. The highest BCUT2D eigenvalue weighted by Gasteiger charge is 2.15. The lowest BCUT2D eigenvalue weighted by Gasteiger charge is -2.30. The van der Waals surface area contributed by atoms with Crippen LogP contribution in [0.1, 0.15) is 36.2 Å². The molecule has 3 rings (SSSR count). The predicted molar refractivity (Wildman–Crippen MR) is 94.7 cm³/mol. The summed E-state index contributed by atoms with van der Waals surface area (Å²) in [7, 11) is 0. The molecule has 0 saturated carbocycles. The third kappa shape index (κ3) is 3.92. The number of guanidine groups is 1. The summed E-state index contributed by atoms with van der Waals surface area (Å²) in [5.74, 6) is 0.968. The van der Waals surface area contributed by atoms with Gasteiger partial charge in [-0.2, -0.15) is 5.10 Å². The van der Waals surface area contributed by atoms with Crippen molar-refractivity contribution in [1.29, 1.82) is 0 Å². The van der Waals surface area contributed by atoms with E-state index >= 15 is 0 Å². The number of likely N-dealkylation sites (tertiary alicyclic amines) is 1. The van der Waals surface area contributed by atoms with Gasteiger partial charge in [-0.1, -0.05) is 18.2 Å². The van der Waals surface area contributed by atoms with Crippen LogP contribution in [-0.4, -0.2) is 34.1 Å². The molecule has 0 spiro atoms. The summed E-state index contributed by atoms with van der Waals surface area (Å²) >= 11 is 0. The number of aromatic nitrogens is 2. The van der Waals surface area contributed by atoms with Crippen LogP contribution in [0.3, 0.4) is 0 Å². The third-order valence-corrected chi connectivity index (χ3v) is 4.35. The zero-order valence-corrected chi connectivity index (χ0v) is 14.0. The minimum Gasteiger partial charge on any atom is -0.343 e. The minimum atomic E-state index is 0.653. The Morgan fingerprint density at radius 2 is 1.91 bits per heavy atom. The second-order valence-corrected chi connectivity index (χ2v) is 6.09. The van der Waals surface area contributed by atoms with Crippen molar-refractivity contribution in [3.05, 3.63) is 47.3 Å². The van der Waals surface area contributed by atoms with Gasteiger partial charge in [0.15, 0.2) is 5.96 Å². The molecule has 1 aromatic carbocycles. The van der Waals surface area contributed by atoms with Gasteiger partial charge in [0.2, 0.25) is 0 Å². The van der Waals surface area contributed by atoms with E-state index in [2.05, 4.69) is 39.5 Å². The quantitative estimate of drug-likeness (QED) is 0.674. The monoisotopic (exact) mass is 311 g/mol. The fourth-order valence-corrected chi connectivity index (χ4v) is 2.94. The third-order valence-electron chi connectivity index (χ3n) is 4.35. The van der Waals surface area contributed by atoms with Gasteiger partial charge in [0.1, 0.15) is 0 Å². The van der Waals surface area contributed by atoms with Crippen molar-refractivity contribution >= 4 is 11.6 Å². The molecule has 2 heterocycles. The number of hydrogen-bond donors (Lipinski definition) is 2. The number of aromatic amines is 1. The molecule has 0 radical (unpaired) electrons. The normalized spacial score (nSPS) is 15.7. The van der Waals surface area contributed by atoms with Crippen LogP contribution >= 0.6 is 0 Å². The lowest BCUT2D eigenvalue weighted by Crippen LogP contribution is -2.40. The Hall–Kier alpha value is -2.30. The number of nitrogens with zero attached hydrogens (tertiary/aromatic N) is 3. The molecule has 1 aromatic heterocycles. The van der Waals surface area contributed by atoms with E-state index in [0.717, 1.165) is 36.1 Å². The van der Waals surface area contributed by atoms with Crippen molar-refractivity contribution in [1.82, 2.24) is 15.1 Å². The number of H-pyrrole nitrogens is 1. The van der Waals surface area contributed by atoms with Gasteiger partial charge in [-0.05, 0) is 45.2 Å². The van der Waals surface area contributed by atoms with Gasteiger partial charge in [-0.25, -0.2) is 4.99 Å². The summed E-state index contributed by atoms with van der Waals surface area (Å²) < 4.78 is 0. The zero-order valence-electron chi connectivity index (χ0n) is 14.0. The average molecular weight is 311 g/mol. The summed E-state index contributed by atoms with van der Waals surface area (Å²) in [4.78, 5) is 7.24. The molecule has 1 fully saturated rings. The van der Waals surface area contributed by atoms with Crippen molar-refractivity contribution in [2.45, 2.75) is 39.7 Å². The molecule has 23 heavy (non-hydrogen) atoms. The Morgan fingerprint density at radius 1 is 1.17 bits per heavy atom. The molecule has 5 heteroatoms. The first-order valence-electron chi connectivity index (χ1n) is 8.36. The van der Waals surface area contributed by atoms with Gasteiger partial charge in [-0.3, -0.25) is 5.10 Å². The fourth-order valence-electron chi connectivity index (χ4n) is 2.94. The molecule has 0 aliphatic carbocycles. The molecular weight excluding hydrogens is 286 g/mol. The number of benzene rings is 1. The van der Waals surface area contributed by atoms with E-state index in [1.54, 1.807) is 0 Å². The second-order valence-electron chi connectivity index (χ2n) is 6.09. The molecule has 0 amide bonds. The van der Waals surface area contributed by atoms with Crippen LogP contribution < -0.4 is 5.32 Å². The van der Waals surface area contributed by atoms with Crippen LogP contribution in [0, 0.1) is 13.8 Å². The first-order valence-corrected chi connectivity index (χ1v) is 8.36. The lowest BCUT2D eigenvalue weighted by atomic mass is 10.1. The Morgan fingerprint density at radius 3 is 2.57 bits per heavy atom. The van der Waals surface area contributed by atoms with Crippen molar-refractivity contribution in [2.24, 2.45) is 4.99 Å². The zero-order chi connectivity index (χ0) is 16.1. The number of aryl methyl sites for hydroxylation is 2. The first kappa shape index (κ1) is 15.6. The number of hydrogen-bond acceptors (Lipinski definition) is 2. The van der Waals surface area contributed by atoms with Gasteiger partial charge in [0.25, 0.3) is 0 Å². The highest BCUT2D eigenvalue weighted by Crippen LogP contribution is 2.15. The predicted octanol–water partition coefficient (Wildman–Crippen LogP) is 3.48. The molecule has 2 aromatic rings. The molecule has 0 atom stereocenters. The van der Waals surface area contributed by atoms with E-state index in [-0.39, 0.29) is 0 Å². The topological polar surface area (TPSA) is 56.3 Å². The molecule has 122 valence electrons. The number of nitrogens with one attached hydrogen (secondary N) is 2. The number of rotatable bonds is 3. The highest BCUT2D eigenvalue weighted by molar-refractivity contribution is 5.93. The number of para-hydroxylation sites is 1. The Kier molecular flexibility index (Phi) is 4.95. The molecule has 2 N–H and O–H groups in total. The van der Waals surface area contributed by atoms with Gasteiger partial charge in [-0.15, -0.1) is 0 Å². The van der Waals surface area contributed by atoms with Gasteiger partial charge >= 0.3 is 0 Å². The lowest BCUT2D eigenvalue weighted by molar-refractivity contribution is 0.340. The standard InChI is InChI=1S/C18H25N5/c1-14-17(15(2)22-21-14)13-19-18(23-11-7-4-8-12-23)20-16-9-5-3-6-10-16/h3,5-6,9-10H,4,7-8,11-13H2,1-2H3,(H,19,20)(H,21,22). The summed E-state index contributed by atoms with van der Waals surface area (Å²) in [5.41, 5.74) is 4.40. The van der Waals surface area contributed by atoms with Gasteiger partial charge in [0, 0.05) is 30.0 Å². The maximum Gasteiger partial charge on any atom is 0.198 e. The van der Waals surface area contributed by atoms with Crippen LogP contribution in [0.4, 0.5) is 5.69 Å². The molecule has 1 aliphatic heterocycles. The maximum absolute atomic E-state index is 4.88. The van der Waals surface area contributed by atoms with E-state index in [0.29, 0.717) is 6.54 Å². The molecule has 0 unspecified atom stereocenters. The summed E-state index contributed by atoms with van der Waals surface area (Å²) in [6.45, 7) is 6.87. The SMILES string of the molecule is Cc1n[nH]c(C)c1CN=C(Nc1ccccc1)N1CCCCC1. The smallest absolute Gasteiger partial charge is 0.198 e. The van der Waals surface area contributed by atoms with E-state index < -0.39 is 0 Å². The molecule has 0 bridgehead atoms. The van der Waals surface area contributed by atoms with E-state index in [1.807, 2.05) is 25.1 Å². The summed E-state index contributed by atoms with van der Waals surface area (Å²) in [6.07, 6.45) is 3.79. The summed E-state index contributed by atoms with van der Waals surface area (Å²) in [5, 5.41) is 10.8. The Labute approximate surface area is 137 Å². The first-order chi connectivity index (χ1) is 11.2. The highest BCUT2D eigenvalue weighted by atomic mass is 15.3. The van der Waals surface area contributed by atoms with Crippen molar-refractivity contribution in [3.8, 4) is 0 Å². The molecular formula is C18H25N5. The van der Waals surface area contributed by atoms with Gasteiger partial charge in [0.05, 0.1) is 12.2 Å². The van der Waals surface area contributed by atoms with Crippen molar-refractivity contribution in [2.75, 3.05) is 18.4 Å². The van der Waals surface area contributed by atoms with Crippen LogP contribution in [0.15, 0.2) is 35.3 Å². The van der Waals surface area contributed by atoms with Crippen molar-refractivity contribution < 1.29 is 0 Å². The Bertz CT molecular complexity index is 634. The number of aliphatic imine (C=N–C) groups is 1. The largest absolute Gasteiger partial charge is 0.343 e. The van der Waals surface area contributed by atoms with Crippen LogP contribution in [0.5, 0.6) is 0 Å². The van der Waals surface area contributed by atoms with Gasteiger partial charge < -0.3 is 10.2 Å². The van der Waals surface area contributed by atoms with E-state index in [1.165, 1.54) is 24.8 Å². The number of piperidine rings is 1. The summed E-state index contributed by atoms with van der Waals surface area (Å²) in [6, 6.07) is 10.3. The fraction of sp³-hybridized carbons (Fsp3) is 0.444. The Balaban J connectivity index is 1.80. The second kappa shape index (κ2) is 7.31. The van der Waals surface area contributed by atoms with Crippen LogP contribution in [-0.2, 0) is 6.54 Å².